The fourth-order valence-electron chi connectivity index (χ4n) is 5.66. The van der Waals surface area contributed by atoms with Crippen LogP contribution in [0.2, 0.25) is 0 Å². The van der Waals surface area contributed by atoms with Crippen LogP contribution in [0.5, 0.6) is 0 Å². The molecule has 0 aromatic heterocycles. The van der Waals surface area contributed by atoms with Gasteiger partial charge in [-0.2, -0.15) is 0 Å². The second-order valence-electron chi connectivity index (χ2n) is 7.64. The molecule has 0 radical (unpaired) electrons. The van der Waals surface area contributed by atoms with Crippen LogP contribution in [0.4, 0.5) is 0 Å². The summed E-state index contributed by atoms with van der Waals surface area (Å²) in [7, 11) is 0. The Hall–Kier alpha value is -1.39. The molecule has 0 amide bonds. The molecule has 0 N–H and O–H groups in total. The van der Waals surface area contributed by atoms with Gasteiger partial charge in [0.2, 0.25) is 0 Å². The normalized spacial score (nSPS) is 36.8. The van der Waals surface area contributed by atoms with Crippen LogP contribution in [-0.2, 0) is 23.9 Å². The Kier molecular flexibility index (Phi) is 4.71. The van der Waals surface area contributed by atoms with Crippen molar-refractivity contribution in [1.29, 1.82) is 0 Å². The molecule has 0 saturated heterocycles. The second kappa shape index (κ2) is 6.49. The highest BCUT2D eigenvalue weighted by Gasteiger charge is 2.67. The minimum Gasteiger partial charge on any atom is -0.465 e. The van der Waals surface area contributed by atoms with Gasteiger partial charge in [-0.1, -0.05) is 19.8 Å². The van der Waals surface area contributed by atoms with E-state index in [4.69, 9.17) is 9.47 Å². The summed E-state index contributed by atoms with van der Waals surface area (Å²) in [4.78, 5) is 38.7. The molecule has 0 heterocycles. The third kappa shape index (κ3) is 2.39. The van der Waals surface area contributed by atoms with Gasteiger partial charge in [0.25, 0.3) is 0 Å². The van der Waals surface area contributed by atoms with Crippen LogP contribution in [0.25, 0.3) is 0 Å². The molecule has 0 spiro atoms. The molecule has 0 aliphatic heterocycles. The lowest BCUT2D eigenvalue weighted by Gasteiger charge is -2.44. The van der Waals surface area contributed by atoms with Gasteiger partial charge in [0.1, 0.15) is 5.78 Å². The molecule has 5 heteroatoms. The molecule has 3 rings (SSSR count). The zero-order chi connectivity index (χ0) is 17.5. The van der Waals surface area contributed by atoms with Crippen molar-refractivity contribution in [3.05, 3.63) is 0 Å². The van der Waals surface area contributed by atoms with Crippen molar-refractivity contribution in [1.82, 2.24) is 0 Å². The number of esters is 2. The monoisotopic (exact) mass is 336 g/mol. The van der Waals surface area contributed by atoms with Crippen molar-refractivity contribution in [2.45, 2.75) is 52.9 Å². The molecule has 5 atom stereocenters. The summed E-state index contributed by atoms with van der Waals surface area (Å²) in [5, 5.41) is 0. The highest BCUT2D eigenvalue weighted by Crippen LogP contribution is 2.61. The lowest BCUT2D eigenvalue weighted by Crippen LogP contribution is -2.56. The molecule has 5 nitrogen and oxygen atoms in total. The highest BCUT2D eigenvalue weighted by atomic mass is 16.6. The molecule has 134 valence electrons. The average molecular weight is 336 g/mol. The van der Waals surface area contributed by atoms with Crippen LogP contribution in [-0.4, -0.2) is 30.9 Å². The van der Waals surface area contributed by atoms with Gasteiger partial charge < -0.3 is 9.47 Å². The molecule has 0 aromatic carbocycles. The van der Waals surface area contributed by atoms with Crippen LogP contribution < -0.4 is 0 Å². The molecule has 24 heavy (non-hydrogen) atoms. The number of ketones is 1. The molecular formula is C19H28O5. The van der Waals surface area contributed by atoms with E-state index in [2.05, 4.69) is 0 Å². The van der Waals surface area contributed by atoms with E-state index in [-0.39, 0.29) is 43.2 Å². The van der Waals surface area contributed by atoms with Crippen LogP contribution in [0.1, 0.15) is 52.9 Å². The van der Waals surface area contributed by atoms with Gasteiger partial charge in [0, 0.05) is 11.8 Å². The molecule has 3 aliphatic rings. The second-order valence-corrected chi connectivity index (χ2v) is 7.64. The van der Waals surface area contributed by atoms with Crippen molar-refractivity contribution in [2.75, 3.05) is 13.2 Å². The van der Waals surface area contributed by atoms with Gasteiger partial charge in [0.15, 0.2) is 5.41 Å². The Morgan fingerprint density at radius 2 is 1.75 bits per heavy atom. The molecular weight excluding hydrogens is 308 g/mol. The van der Waals surface area contributed by atoms with Gasteiger partial charge in [-0.3, -0.25) is 14.4 Å². The van der Waals surface area contributed by atoms with Gasteiger partial charge in [-0.05, 0) is 50.9 Å². The van der Waals surface area contributed by atoms with E-state index in [1.807, 2.05) is 6.92 Å². The summed E-state index contributed by atoms with van der Waals surface area (Å²) >= 11 is 0. The summed E-state index contributed by atoms with van der Waals surface area (Å²) in [6.45, 7) is 5.79. The molecule has 3 saturated carbocycles. The Balaban J connectivity index is 2.04. The first-order valence-electron chi connectivity index (χ1n) is 9.35. The fraction of sp³-hybridized carbons (Fsp3) is 0.842. The zero-order valence-electron chi connectivity index (χ0n) is 14.9. The largest absolute Gasteiger partial charge is 0.465 e. The third-order valence-corrected chi connectivity index (χ3v) is 6.52. The lowest BCUT2D eigenvalue weighted by molar-refractivity contribution is -0.184. The Morgan fingerprint density at radius 1 is 1.12 bits per heavy atom. The molecule has 3 fully saturated rings. The number of Topliss-reactive ketones (excluding diaryl/α,β-unsaturated/α-hetero) is 1. The van der Waals surface area contributed by atoms with E-state index in [1.54, 1.807) is 13.8 Å². The number of carbonyl (C=O) groups is 3. The van der Waals surface area contributed by atoms with Crippen molar-refractivity contribution in [2.24, 2.45) is 35.0 Å². The smallest absolute Gasteiger partial charge is 0.323 e. The van der Waals surface area contributed by atoms with Crippen LogP contribution in [0, 0.1) is 35.0 Å². The standard InChI is InChI=1S/C19H28O5/c1-4-23-17(21)19(18(22)24-5-2)10-11(3)16(20)15-13-8-6-7-12(13)9-14(15)19/h11-15H,4-10H2,1-3H3/t11-,12+,13+,14-,15+/m1/s1. The van der Waals surface area contributed by atoms with Gasteiger partial charge in [0.05, 0.1) is 13.2 Å². The number of rotatable bonds is 4. The highest BCUT2D eigenvalue weighted by molar-refractivity contribution is 6.03. The molecule has 0 bridgehead atoms. The first kappa shape index (κ1) is 17.4. The minimum atomic E-state index is -1.30. The average Bonchev–Trinajstić information content (AvgIpc) is 3.12. The fourth-order valence-corrected chi connectivity index (χ4v) is 5.66. The van der Waals surface area contributed by atoms with Crippen LogP contribution >= 0.6 is 0 Å². The molecule has 0 aromatic rings. The SMILES string of the molecule is CCOC(=O)C1(C(=O)OCC)C[C@@H](C)C(=O)[C@H]2[C@H]3CCC[C@H]3C[C@H]21. The van der Waals surface area contributed by atoms with Crippen LogP contribution in [0.3, 0.4) is 0 Å². The van der Waals surface area contributed by atoms with Gasteiger partial charge in [-0.25, -0.2) is 0 Å². The van der Waals surface area contributed by atoms with E-state index < -0.39 is 17.4 Å². The van der Waals surface area contributed by atoms with Crippen molar-refractivity contribution in [3.8, 4) is 0 Å². The maximum Gasteiger partial charge on any atom is 0.323 e. The summed E-state index contributed by atoms with van der Waals surface area (Å²) < 4.78 is 10.6. The van der Waals surface area contributed by atoms with E-state index in [9.17, 15) is 14.4 Å². The van der Waals surface area contributed by atoms with Crippen molar-refractivity contribution >= 4 is 17.7 Å². The lowest BCUT2D eigenvalue weighted by atomic mass is 9.57. The Labute approximate surface area is 143 Å². The van der Waals surface area contributed by atoms with E-state index in [0.29, 0.717) is 11.8 Å². The van der Waals surface area contributed by atoms with Crippen LogP contribution in [0.15, 0.2) is 0 Å². The third-order valence-electron chi connectivity index (χ3n) is 6.52. The number of hydrogen-bond donors (Lipinski definition) is 0. The predicted molar refractivity (Wildman–Crippen MR) is 86.9 cm³/mol. The quantitative estimate of drug-likeness (QED) is 0.583. The van der Waals surface area contributed by atoms with E-state index in [1.165, 1.54) is 0 Å². The van der Waals surface area contributed by atoms with Crippen molar-refractivity contribution in [3.63, 3.8) is 0 Å². The molecule has 3 aliphatic carbocycles. The number of ether oxygens (including phenoxy) is 2. The zero-order valence-corrected chi connectivity index (χ0v) is 14.9. The minimum absolute atomic E-state index is 0.185. The van der Waals surface area contributed by atoms with Gasteiger partial charge >= 0.3 is 11.9 Å². The van der Waals surface area contributed by atoms with Gasteiger partial charge in [-0.15, -0.1) is 0 Å². The number of hydrogen-bond acceptors (Lipinski definition) is 5. The summed E-state index contributed by atoms with van der Waals surface area (Å²) in [6.07, 6.45) is 4.27. The summed E-state index contributed by atoms with van der Waals surface area (Å²) in [5.74, 6) is -0.704. The maximum atomic E-state index is 12.9. The van der Waals surface area contributed by atoms with E-state index in [0.717, 1.165) is 25.7 Å². The molecule has 0 unspecified atom stereocenters. The van der Waals surface area contributed by atoms with E-state index >= 15 is 0 Å². The maximum absolute atomic E-state index is 12.9. The topological polar surface area (TPSA) is 69.7 Å². The first-order chi connectivity index (χ1) is 11.5. The number of fused-ring (bicyclic) bond motifs is 3. The number of carbonyl (C=O) groups excluding carboxylic acids is 3. The van der Waals surface area contributed by atoms with Crippen molar-refractivity contribution < 1.29 is 23.9 Å². The summed E-state index contributed by atoms with van der Waals surface area (Å²) in [6, 6.07) is 0. The first-order valence-corrected chi connectivity index (χ1v) is 9.35. The Morgan fingerprint density at radius 3 is 2.33 bits per heavy atom. The Bertz CT molecular complexity index is 522. The summed E-state index contributed by atoms with van der Waals surface area (Å²) in [5.41, 5.74) is -1.30. The predicted octanol–water partition coefficient (Wildman–Crippen LogP) is 2.76.